The van der Waals surface area contributed by atoms with Crippen molar-refractivity contribution in [1.82, 2.24) is 20.5 Å². The molecule has 6 amide bonds. The van der Waals surface area contributed by atoms with Crippen molar-refractivity contribution < 1.29 is 42.6 Å². The number of piperidine rings is 1. The predicted octanol–water partition coefficient (Wildman–Crippen LogP) is 7.11. The van der Waals surface area contributed by atoms with E-state index in [4.69, 9.17) is 21.1 Å². The molecule has 2 aliphatic heterocycles. The van der Waals surface area contributed by atoms with Gasteiger partial charge in [0.1, 0.15) is 23.4 Å². The smallest absolute Gasteiger partial charge is 0.266 e. The van der Waals surface area contributed by atoms with E-state index in [1.165, 1.54) is 24.3 Å². The van der Waals surface area contributed by atoms with Crippen LogP contribution in [-0.2, 0) is 19.2 Å². The highest BCUT2D eigenvalue weighted by Crippen LogP contribution is 2.41. The Morgan fingerprint density at radius 3 is 2.52 bits per heavy atom. The normalized spacial score (nSPS) is 19.4. The van der Waals surface area contributed by atoms with Gasteiger partial charge in [0, 0.05) is 42.2 Å². The molecule has 15 heteroatoms. The van der Waals surface area contributed by atoms with Crippen LogP contribution in [0.25, 0.3) is 10.9 Å². The molecule has 13 nitrogen and oxygen atoms in total. The number of carbonyl (C=O) groups excluding carboxylic acids is 6. The predicted molar refractivity (Wildman–Crippen MR) is 221 cm³/mol. The number of halogens is 2. The van der Waals surface area contributed by atoms with E-state index in [9.17, 15) is 33.2 Å². The maximum Gasteiger partial charge on any atom is 0.266 e. The van der Waals surface area contributed by atoms with Crippen molar-refractivity contribution in [2.45, 2.75) is 83.1 Å². The number of amides is 6. The summed E-state index contributed by atoms with van der Waals surface area (Å²) in [7, 11) is 0. The zero-order chi connectivity index (χ0) is 42.3. The van der Waals surface area contributed by atoms with E-state index in [1.54, 1.807) is 36.5 Å². The maximum atomic E-state index is 14.0. The average Bonchev–Trinajstić information content (AvgIpc) is 3.50. The number of unbranched alkanes of at least 4 members (excludes halogenated alkanes) is 3. The lowest BCUT2D eigenvalue weighted by atomic mass is 9.73. The Labute approximate surface area is 351 Å². The van der Waals surface area contributed by atoms with Gasteiger partial charge in [-0.3, -0.25) is 44.0 Å². The van der Waals surface area contributed by atoms with Crippen LogP contribution >= 0.6 is 11.6 Å². The summed E-state index contributed by atoms with van der Waals surface area (Å²) in [6.07, 6.45) is 8.58. The topological polar surface area (TPSA) is 173 Å². The zero-order valence-electron chi connectivity index (χ0n) is 33.3. The molecule has 0 radical (unpaired) electrons. The fourth-order valence-electron chi connectivity index (χ4n) is 8.38. The van der Waals surface area contributed by atoms with Gasteiger partial charge in [0.2, 0.25) is 17.7 Å². The molecule has 314 valence electrons. The van der Waals surface area contributed by atoms with E-state index >= 15 is 0 Å². The second kappa shape index (κ2) is 19.0. The van der Waals surface area contributed by atoms with Gasteiger partial charge in [-0.25, -0.2) is 4.39 Å². The third-order valence-corrected chi connectivity index (χ3v) is 12.0. The van der Waals surface area contributed by atoms with Crippen molar-refractivity contribution in [3.63, 3.8) is 0 Å². The molecule has 2 atom stereocenters. The van der Waals surface area contributed by atoms with E-state index in [-0.39, 0.29) is 59.9 Å². The number of hydrogen-bond donors (Lipinski definition) is 3. The quantitative estimate of drug-likeness (QED) is 0.0785. The van der Waals surface area contributed by atoms with Crippen LogP contribution in [0.4, 0.5) is 10.1 Å². The van der Waals surface area contributed by atoms with Crippen LogP contribution in [0.5, 0.6) is 11.5 Å². The SMILES string of the molecule is C[C@@H](C(=O)Nc1ccc(Cl)c(OCCCCCCNC(=O)COc2cccc3c2C(=O)N(C2CCC(=O)NC2=O)C3=O)c1)C1CCC(c2ccnc3ccc(F)cc23)CC1. The molecule has 4 aromatic rings. The molecule has 2 fully saturated rings. The van der Waals surface area contributed by atoms with E-state index in [0.29, 0.717) is 41.9 Å². The number of nitrogens with one attached hydrogen (secondary N) is 3. The summed E-state index contributed by atoms with van der Waals surface area (Å²) >= 11 is 6.42. The molecule has 1 saturated carbocycles. The number of carbonyl (C=O) groups is 6. The van der Waals surface area contributed by atoms with Crippen molar-refractivity contribution in [3.8, 4) is 11.5 Å². The number of rotatable bonds is 16. The molecule has 3 aliphatic rings. The first-order valence-corrected chi connectivity index (χ1v) is 20.9. The maximum absolute atomic E-state index is 14.0. The van der Waals surface area contributed by atoms with Gasteiger partial charge in [0.05, 0.1) is 28.3 Å². The number of aromatic nitrogens is 1. The summed E-state index contributed by atoms with van der Waals surface area (Å²) in [5.41, 5.74) is 2.57. The van der Waals surface area contributed by atoms with Crippen LogP contribution in [0.2, 0.25) is 5.02 Å². The van der Waals surface area contributed by atoms with Gasteiger partial charge >= 0.3 is 0 Å². The highest BCUT2D eigenvalue weighted by atomic mass is 35.5. The zero-order valence-corrected chi connectivity index (χ0v) is 34.0. The van der Waals surface area contributed by atoms with Crippen LogP contribution in [-0.4, -0.2) is 71.1 Å². The lowest BCUT2D eigenvalue weighted by Gasteiger charge is -2.32. The van der Waals surface area contributed by atoms with Gasteiger partial charge in [0.15, 0.2) is 6.61 Å². The van der Waals surface area contributed by atoms with Crippen molar-refractivity contribution >= 4 is 63.6 Å². The lowest BCUT2D eigenvalue weighted by molar-refractivity contribution is -0.136. The molecule has 3 aromatic carbocycles. The number of ether oxygens (including phenoxy) is 2. The minimum absolute atomic E-state index is 0.00952. The van der Waals surface area contributed by atoms with Gasteiger partial charge in [-0.15, -0.1) is 0 Å². The Kier molecular flexibility index (Phi) is 13.4. The molecule has 0 spiro atoms. The Hall–Kier alpha value is -5.89. The van der Waals surface area contributed by atoms with Crippen LogP contribution in [0.3, 0.4) is 0 Å². The number of nitrogens with zero attached hydrogens (tertiary/aromatic N) is 2. The minimum atomic E-state index is -1.10. The van der Waals surface area contributed by atoms with Gasteiger partial charge < -0.3 is 20.1 Å². The first kappa shape index (κ1) is 42.2. The standard InChI is InChI=1S/C45H47ClFN5O8/c1-26(27-9-11-28(12-10-27)31-19-21-48-35-16-13-29(47)23-33(31)35)42(55)50-30-14-15-34(46)38(24-30)59-22-5-3-2-4-20-49-40(54)25-60-37-8-6-7-32-41(37)45(58)52(44(32)57)36-17-18-39(53)51-43(36)56/h6-8,13-16,19,21,23-24,26-28,36H,2-5,9-12,17-18,20,22,25H2,1H3,(H,49,54)(H,50,55)(H,51,53,56)/t26-,27?,28?,36?/m1/s1. The van der Waals surface area contributed by atoms with Gasteiger partial charge in [-0.1, -0.05) is 37.4 Å². The summed E-state index contributed by atoms with van der Waals surface area (Å²) in [6, 6.07) is 15.3. The third-order valence-electron chi connectivity index (χ3n) is 11.7. The van der Waals surface area contributed by atoms with Crippen molar-refractivity contribution in [2.24, 2.45) is 11.8 Å². The molecule has 7 rings (SSSR count). The molecular formula is C45H47ClFN5O8. The van der Waals surface area contributed by atoms with E-state index in [2.05, 4.69) is 20.9 Å². The van der Waals surface area contributed by atoms with E-state index in [0.717, 1.165) is 66.3 Å². The van der Waals surface area contributed by atoms with Crippen LogP contribution < -0.4 is 25.4 Å². The van der Waals surface area contributed by atoms with Gasteiger partial charge in [0.25, 0.3) is 17.7 Å². The minimum Gasteiger partial charge on any atom is -0.492 e. The number of hydrogen-bond acceptors (Lipinski definition) is 9. The number of benzene rings is 3. The molecule has 60 heavy (non-hydrogen) atoms. The van der Waals surface area contributed by atoms with Crippen molar-refractivity contribution in [2.75, 3.05) is 25.1 Å². The monoisotopic (exact) mass is 839 g/mol. The second-order valence-corrected chi connectivity index (χ2v) is 16.0. The summed E-state index contributed by atoms with van der Waals surface area (Å²) < 4.78 is 25.6. The lowest BCUT2D eigenvalue weighted by Crippen LogP contribution is -2.54. The molecule has 1 unspecified atom stereocenters. The Balaban J connectivity index is 0.785. The fourth-order valence-corrected chi connectivity index (χ4v) is 8.55. The summed E-state index contributed by atoms with van der Waals surface area (Å²) in [5.74, 6) is -2.39. The van der Waals surface area contributed by atoms with Crippen LogP contribution in [0.1, 0.15) is 103 Å². The molecule has 1 aliphatic carbocycles. The first-order valence-electron chi connectivity index (χ1n) is 20.5. The third kappa shape index (κ3) is 9.59. The average molecular weight is 840 g/mol. The molecule has 1 aromatic heterocycles. The second-order valence-electron chi connectivity index (χ2n) is 15.6. The van der Waals surface area contributed by atoms with E-state index < -0.39 is 35.6 Å². The summed E-state index contributed by atoms with van der Waals surface area (Å²) in [5, 5.41) is 9.30. The van der Waals surface area contributed by atoms with E-state index in [1.807, 2.05) is 13.0 Å². The molecule has 1 saturated heterocycles. The summed E-state index contributed by atoms with van der Waals surface area (Å²) in [6.45, 7) is 2.42. The number of imide groups is 2. The molecule has 3 heterocycles. The van der Waals surface area contributed by atoms with Crippen molar-refractivity contribution in [3.05, 3.63) is 94.4 Å². The number of anilines is 1. The molecule has 0 bridgehead atoms. The highest BCUT2D eigenvalue weighted by molar-refractivity contribution is 6.32. The largest absolute Gasteiger partial charge is 0.492 e. The molecule has 3 N–H and O–H groups in total. The van der Waals surface area contributed by atoms with Crippen LogP contribution in [0, 0.1) is 17.7 Å². The Morgan fingerprint density at radius 1 is 0.917 bits per heavy atom. The Morgan fingerprint density at radius 2 is 1.72 bits per heavy atom. The Bertz CT molecular complexity index is 2310. The van der Waals surface area contributed by atoms with Crippen LogP contribution in [0.15, 0.2) is 66.9 Å². The number of fused-ring (bicyclic) bond motifs is 2. The van der Waals surface area contributed by atoms with Gasteiger partial charge in [-0.2, -0.15) is 0 Å². The summed E-state index contributed by atoms with van der Waals surface area (Å²) in [4.78, 5) is 81.3. The fraction of sp³-hybridized carbons (Fsp3) is 0.400. The molecular weight excluding hydrogens is 793 g/mol. The number of pyridine rings is 1. The van der Waals surface area contributed by atoms with Gasteiger partial charge in [-0.05, 0) is 111 Å². The van der Waals surface area contributed by atoms with Crippen molar-refractivity contribution in [1.29, 1.82) is 0 Å². The first-order chi connectivity index (χ1) is 29.0. The highest BCUT2D eigenvalue weighted by Gasteiger charge is 2.46.